The zero-order chi connectivity index (χ0) is 10.4. The second-order valence-electron chi connectivity index (χ2n) is 2.79. The van der Waals surface area contributed by atoms with Gasteiger partial charge in [-0.2, -0.15) is 8.78 Å². The lowest BCUT2D eigenvalue weighted by Gasteiger charge is -1.97. The van der Waals surface area contributed by atoms with Gasteiger partial charge in [-0.1, -0.05) is 6.92 Å². The summed E-state index contributed by atoms with van der Waals surface area (Å²) in [5.41, 5.74) is 0. The van der Waals surface area contributed by atoms with Crippen LogP contribution in [0.5, 0.6) is 0 Å². The van der Waals surface area contributed by atoms with Crippen molar-refractivity contribution < 1.29 is 13.2 Å². The van der Waals surface area contributed by atoms with Crippen LogP contribution in [-0.4, -0.2) is 23.3 Å². The van der Waals surface area contributed by atoms with Crippen molar-refractivity contribution in [1.29, 1.82) is 0 Å². The summed E-state index contributed by atoms with van der Waals surface area (Å²) >= 11 is 0. The predicted octanol–water partition coefficient (Wildman–Crippen LogP) is 1.55. The average Bonchev–Trinajstić information content (AvgIpc) is 2.61. The number of nitrogens with zero attached hydrogens (tertiary/aromatic N) is 2. The van der Waals surface area contributed by atoms with Gasteiger partial charge in [-0.3, -0.25) is 0 Å². The zero-order valence-electron chi connectivity index (χ0n) is 7.96. The summed E-state index contributed by atoms with van der Waals surface area (Å²) in [5.74, 6) is -0.318. The van der Waals surface area contributed by atoms with Crippen LogP contribution < -0.4 is 5.32 Å². The molecule has 0 fully saturated rings. The molecule has 0 radical (unpaired) electrons. The molecular formula is C8H13F2N3O. The quantitative estimate of drug-likeness (QED) is 0.716. The summed E-state index contributed by atoms with van der Waals surface area (Å²) in [5, 5.41) is 9.85. The molecule has 80 valence electrons. The highest BCUT2D eigenvalue weighted by atomic mass is 19.3. The molecule has 1 aromatic heterocycles. The van der Waals surface area contributed by atoms with Gasteiger partial charge in [0.05, 0.1) is 0 Å². The van der Waals surface area contributed by atoms with Gasteiger partial charge in [0.2, 0.25) is 5.89 Å². The highest BCUT2D eigenvalue weighted by molar-refractivity contribution is 4.82. The lowest BCUT2D eigenvalue weighted by Crippen LogP contribution is -2.14. The van der Waals surface area contributed by atoms with E-state index in [2.05, 4.69) is 15.5 Å². The van der Waals surface area contributed by atoms with Gasteiger partial charge in [-0.15, -0.1) is 10.2 Å². The Kier molecular flexibility index (Phi) is 4.45. The van der Waals surface area contributed by atoms with E-state index in [9.17, 15) is 8.78 Å². The monoisotopic (exact) mass is 205 g/mol. The third-order valence-electron chi connectivity index (χ3n) is 1.66. The molecule has 0 saturated carbocycles. The topological polar surface area (TPSA) is 51.0 Å². The van der Waals surface area contributed by atoms with Crippen LogP contribution in [0.4, 0.5) is 8.78 Å². The van der Waals surface area contributed by atoms with E-state index < -0.39 is 12.3 Å². The minimum Gasteiger partial charge on any atom is -0.420 e. The van der Waals surface area contributed by atoms with Crippen LogP contribution in [0, 0.1) is 0 Å². The Morgan fingerprint density at radius 1 is 1.43 bits per heavy atom. The van der Waals surface area contributed by atoms with Crippen molar-refractivity contribution in [1.82, 2.24) is 15.5 Å². The number of halogens is 2. The van der Waals surface area contributed by atoms with E-state index in [1.54, 1.807) is 0 Å². The Labute approximate surface area is 80.7 Å². The Morgan fingerprint density at radius 3 is 2.79 bits per heavy atom. The standard InChI is InChI=1S/C8H13F2N3O/c1-2-11-5-3-4-6-12-13-8(14-6)7(9)10/h7,11H,2-5H2,1H3. The molecule has 0 aliphatic heterocycles. The first kappa shape index (κ1) is 11.0. The summed E-state index contributed by atoms with van der Waals surface area (Å²) in [6.45, 7) is 3.72. The molecule has 1 aromatic rings. The van der Waals surface area contributed by atoms with Crippen molar-refractivity contribution in [2.45, 2.75) is 26.2 Å². The van der Waals surface area contributed by atoms with Crippen molar-refractivity contribution in [3.05, 3.63) is 11.8 Å². The number of aryl methyl sites for hydroxylation is 1. The molecule has 6 heteroatoms. The lowest BCUT2D eigenvalue weighted by atomic mass is 10.3. The molecule has 1 rings (SSSR count). The van der Waals surface area contributed by atoms with E-state index in [0.29, 0.717) is 6.42 Å². The molecule has 1 heterocycles. The molecule has 0 bridgehead atoms. The van der Waals surface area contributed by atoms with Gasteiger partial charge < -0.3 is 9.73 Å². The van der Waals surface area contributed by atoms with Crippen molar-refractivity contribution in [3.63, 3.8) is 0 Å². The first-order valence-electron chi connectivity index (χ1n) is 4.55. The number of hydrogen-bond acceptors (Lipinski definition) is 4. The second kappa shape index (κ2) is 5.64. The third kappa shape index (κ3) is 3.37. The van der Waals surface area contributed by atoms with E-state index in [1.807, 2.05) is 6.92 Å². The Morgan fingerprint density at radius 2 is 2.21 bits per heavy atom. The lowest BCUT2D eigenvalue weighted by molar-refractivity contribution is 0.113. The predicted molar refractivity (Wildman–Crippen MR) is 46.1 cm³/mol. The van der Waals surface area contributed by atoms with Crippen LogP contribution in [0.25, 0.3) is 0 Å². The molecule has 0 saturated heterocycles. The van der Waals surface area contributed by atoms with Crippen LogP contribution in [0.3, 0.4) is 0 Å². The van der Waals surface area contributed by atoms with Crippen LogP contribution >= 0.6 is 0 Å². The minimum absolute atomic E-state index is 0.276. The largest absolute Gasteiger partial charge is 0.420 e. The van der Waals surface area contributed by atoms with Crippen molar-refractivity contribution in [2.75, 3.05) is 13.1 Å². The fourth-order valence-electron chi connectivity index (χ4n) is 0.997. The fraction of sp³-hybridized carbons (Fsp3) is 0.750. The third-order valence-corrected chi connectivity index (χ3v) is 1.66. The van der Waals surface area contributed by atoms with Crippen LogP contribution in [-0.2, 0) is 6.42 Å². The number of hydrogen-bond donors (Lipinski definition) is 1. The molecule has 14 heavy (non-hydrogen) atoms. The number of nitrogens with one attached hydrogen (secondary N) is 1. The van der Waals surface area contributed by atoms with E-state index in [4.69, 9.17) is 4.42 Å². The Bertz CT molecular complexity index is 265. The fourth-order valence-corrected chi connectivity index (χ4v) is 0.997. The van der Waals surface area contributed by atoms with Crippen molar-refractivity contribution >= 4 is 0 Å². The number of aromatic nitrogens is 2. The van der Waals surface area contributed by atoms with Gasteiger partial charge in [-0.05, 0) is 19.5 Å². The first-order valence-corrected chi connectivity index (χ1v) is 4.55. The van der Waals surface area contributed by atoms with E-state index >= 15 is 0 Å². The maximum absolute atomic E-state index is 12.0. The van der Waals surface area contributed by atoms with Gasteiger partial charge in [0, 0.05) is 6.42 Å². The van der Waals surface area contributed by atoms with Crippen molar-refractivity contribution in [3.8, 4) is 0 Å². The Hall–Kier alpha value is -1.04. The SMILES string of the molecule is CCNCCCc1nnc(C(F)F)o1. The van der Waals surface area contributed by atoms with E-state index in [-0.39, 0.29) is 5.89 Å². The molecule has 0 aromatic carbocycles. The van der Waals surface area contributed by atoms with Gasteiger partial charge in [0.15, 0.2) is 0 Å². The minimum atomic E-state index is -2.68. The molecule has 4 nitrogen and oxygen atoms in total. The summed E-state index contributed by atoms with van der Waals surface area (Å²) < 4.78 is 28.8. The highest BCUT2D eigenvalue weighted by Crippen LogP contribution is 2.16. The van der Waals surface area contributed by atoms with Gasteiger partial charge in [0.25, 0.3) is 5.89 Å². The van der Waals surface area contributed by atoms with Crippen LogP contribution in [0.1, 0.15) is 31.6 Å². The van der Waals surface area contributed by atoms with E-state index in [0.717, 1.165) is 19.5 Å². The molecular weight excluding hydrogens is 192 g/mol. The first-order chi connectivity index (χ1) is 6.74. The van der Waals surface area contributed by atoms with Gasteiger partial charge >= 0.3 is 6.43 Å². The van der Waals surface area contributed by atoms with Crippen LogP contribution in [0.2, 0.25) is 0 Å². The average molecular weight is 205 g/mol. The Balaban J connectivity index is 2.29. The van der Waals surface area contributed by atoms with Gasteiger partial charge in [0.1, 0.15) is 0 Å². The smallest absolute Gasteiger partial charge is 0.314 e. The zero-order valence-corrected chi connectivity index (χ0v) is 7.96. The molecule has 0 spiro atoms. The number of rotatable bonds is 6. The second-order valence-corrected chi connectivity index (χ2v) is 2.79. The molecule has 0 unspecified atom stereocenters. The summed E-state index contributed by atoms with van der Waals surface area (Å²) in [7, 11) is 0. The summed E-state index contributed by atoms with van der Waals surface area (Å²) in [6.07, 6.45) is -1.34. The number of alkyl halides is 2. The van der Waals surface area contributed by atoms with E-state index in [1.165, 1.54) is 0 Å². The molecule has 0 atom stereocenters. The maximum atomic E-state index is 12.0. The summed E-state index contributed by atoms with van der Waals surface area (Å²) in [6, 6.07) is 0. The molecule has 0 aliphatic carbocycles. The maximum Gasteiger partial charge on any atom is 0.314 e. The molecule has 0 amide bonds. The normalized spacial score (nSPS) is 11.1. The van der Waals surface area contributed by atoms with Crippen LogP contribution in [0.15, 0.2) is 4.42 Å². The summed E-state index contributed by atoms with van der Waals surface area (Å²) in [4.78, 5) is 0. The molecule has 1 N–H and O–H groups in total. The van der Waals surface area contributed by atoms with Crippen molar-refractivity contribution in [2.24, 2.45) is 0 Å². The van der Waals surface area contributed by atoms with Gasteiger partial charge in [-0.25, -0.2) is 0 Å². The highest BCUT2D eigenvalue weighted by Gasteiger charge is 2.15. The molecule has 0 aliphatic rings.